The van der Waals surface area contributed by atoms with Gasteiger partial charge in [0.15, 0.2) is 0 Å². The topological polar surface area (TPSA) is 32.3 Å². The van der Waals surface area contributed by atoms with Crippen LogP contribution in [0.4, 0.5) is 0 Å². The highest BCUT2D eigenvalue weighted by Gasteiger charge is 2.24. The first-order valence-electron chi connectivity index (χ1n) is 7.93. The van der Waals surface area contributed by atoms with Crippen LogP contribution in [0.1, 0.15) is 31.1 Å². The molecule has 2 unspecified atom stereocenters. The van der Waals surface area contributed by atoms with Gasteiger partial charge in [0.05, 0.1) is 10.9 Å². The molecule has 1 aromatic heterocycles. The van der Waals surface area contributed by atoms with Crippen molar-refractivity contribution in [1.29, 1.82) is 0 Å². The molecule has 1 aliphatic heterocycles. The number of carbonyl (C=O) groups excluding carboxylic acids is 1. The Labute approximate surface area is 142 Å². The minimum Gasteiger partial charge on any atom is -0.334 e. The lowest BCUT2D eigenvalue weighted by molar-refractivity contribution is -0.132. The first kappa shape index (κ1) is 17.5. The van der Waals surface area contributed by atoms with Gasteiger partial charge in [-0.05, 0) is 49.9 Å². The van der Waals surface area contributed by atoms with Crippen molar-refractivity contribution in [3.8, 4) is 0 Å². The summed E-state index contributed by atoms with van der Waals surface area (Å²) in [7, 11) is 0. The van der Waals surface area contributed by atoms with Gasteiger partial charge in [0, 0.05) is 17.8 Å². The zero-order valence-corrected chi connectivity index (χ0v) is 14.8. The number of halogens is 1. The quantitative estimate of drug-likeness (QED) is 0.762. The van der Waals surface area contributed by atoms with Crippen LogP contribution in [0.3, 0.4) is 0 Å². The number of hydrogen-bond acceptors (Lipinski definition) is 3. The van der Waals surface area contributed by atoms with Gasteiger partial charge in [0.1, 0.15) is 0 Å². The lowest BCUT2D eigenvalue weighted by atomic mass is 9.85. The van der Waals surface area contributed by atoms with Crippen LogP contribution < -0.4 is 5.32 Å². The summed E-state index contributed by atoms with van der Waals surface area (Å²) in [6.45, 7) is 9.33. The predicted octanol–water partition coefficient (Wildman–Crippen LogP) is 3.94. The summed E-state index contributed by atoms with van der Waals surface area (Å²) >= 11 is 7.51. The van der Waals surface area contributed by atoms with Gasteiger partial charge in [-0.25, -0.2) is 0 Å². The van der Waals surface area contributed by atoms with Gasteiger partial charge in [0.2, 0.25) is 5.91 Å². The summed E-state index contributed by atoms with van der Waals surface area (Å²) in [5.41, 5.74) is 0. The summed E-state index contributed by atoms with van der Waals surface area (Å²) in [6.07, 6.45) is 4.84. The molecule has 5 heteroatoms. The van der Waals surface area contributed by atoms with E-state index in [0.29, 0.717) is 31.3 Å². The molecular formula is C17H25ClN2OS. The van der Waals surface area contributed by atoms with Gasteiger partial charge < -0.3 is 10.2 Å². The zero-order valence-electron chi connectivity index (χ0n) is 13.2. The maximum absolute atomic E-state index is 12.6. The summed E-state index contributed by atoms with van der Waals surface area (Å²) in [6, 6.07) is 3.87. The molecule has 2 heterocycles. The highest BCUT2D eigenvalue weighted by Crippen LogP contribution is 2.25. The Balaban J connectivity index is 1.91. The number of carbonyl (C=O) groups is 1. The van der Waals surface area contributed by atoms with E-state index in [1.54, 1.807) is 6.08 Å². The molecule has 0 spiro atoms. The standard InChI is InChI=1S/C17H25ClN2OS/c1-3-9-20(12-15-6-7-16(18)22-15)17(21)10-13(2)14-5-4-8-19-11-14/h3,6-7,13-14,19H,1,4-5,8-12H2,2H3. The maximum atomic E-state index is 12.6. The third-order valence-corrected chi connectivity index (χ3v) is 5.53. The number of hydrogen-bond donors (Lipinski definition) is 1. The second-order valence-corrected chi connectivity index (χ2v) is 7.86. The predicted molar refractivity (Wildman–Crippen MR) is 94.3 cm³/mol. The fourth-order valence-corrected chi connectivity index (χ4v) is 4.07. The molecule has 2 rings (SSSR count). The minimum absolute atomic E-state index is 0.211. The summed E-state index contributed by atoms with van der Waals surface area (Å²) in [5, 5.41) is 3.43. The number of nitrogens with zero attached hydrogens (tertiary/aromatic N) is 1. The second-order valence-electron chi connectivity index (χ2n) is 6.06. The lowest BCUT2D eigenvalue weighted by Crippen LogP contribution is -2.37. The van der Waals surface area contributed by atoms with Crippen LogP contribution in [0.5, 0.6) is 0 Å². The fourth-order valence-electron chi connectivity index (χ4n) is 2.97. The smallest absolute Gasteiger partial charge is 0.223 e. The maximum Gasteiger partial charge on any atom is 0.223 e. The van der Waals surface area contributed by atoms with Crippen molar-refractivity contribution < 1.29 is 4.79 Å². The molecule has 1 N–H and O–H groups in total. The Morgan fingerprint density at radius 2 is 2.45 bits per heavy atom. The SMILES string of the molecule is C=CCN(Cc1ccc(Cl)s1)C(=O)CC(C)C1CCCNC1. The lowest BCUT2D eigenvalue weighted by Gasteiger charge is -2.30. The Morgan fingerprint density at radius 3 is 3.05 bits per heavy atom. The third-order valence-electron chi connectivity index (χ3n) is 4.31. The van der Waals surface area contributed by atoms with E-state index in [-0.39, 0.29) is 5.91 Å². The molecule has 1 amide bonds. The Bertz CT molecular complexity index is 497. The average molecular weight is 341 g/mol. The molecule has 0 radical (unpaired) electrons. The van der Waals surface area contributed by atoms with Gasteiger partial charge in [-0.3, -0.25) is 4.79 Å². The van der Waals surface area contributed by atoms with Crippen molar-refractivity contribution in [1.82, 2.24) is 10.2 Å². The highest BCUT2D eigenvalue weighted by atomic mass is 35.5. The summed E-state index contributed by atoms with van der Waals surface area (Å²) in [5.74, 6) is 1.24. The molecule has 3 nitrogen and oxygen atoms in total. The van der Waals surface area contributed by atoms with E-state index >= 15 is 0 Å². The van der Waals surface area contributed by atoms with Crippen LogP contribution in [0.2, 0.25) is 4.34 Å². The Hall–Kier alpha value is -0.840. The number of thiophene rings is 1. The van der Waals surface area contributed by atoms with E-state index in [1.165, 1.54) is 24.2 Å². The van der Waals surface area contributed by atoms with E-state index in [0.717, 1.165) is 22.3 Å². The molecule has 1 aromatic rings. The third kappa shape index (κ3) is 5.11. The molecule has 0 bridgehead atoms. The monoisotopic (exact) mass is 340 g/mol. The molecule has 1 saturated heterocycles. The minimum atomic E-state index is 0.211. The van der Waals surface area contributed by atoms with Gasteiger partial charge in [-0.15, -0.1) is 17.9 Å². The molecule has 0 aliphatic carbocycles. The molecule has 22 heavy (non-hydrogen) atoms. The van der Waals surface area contributed by atoms with Crippen molar-refractivity contribution in [3.63, 3.8) is 0 Å². The van der Waals surface area contributed by atoms with E-state index in [1.807, 2.05) is 17.0 Å². The second kappa shape index (κ2) is 8.70. The molecule has 0 aromatic carbocycles. The van der Waals surface area contributed by atoms with Gasteiger partial charge in [0.25, 0.3) is 0 Å². The first-order chi connectivity index (χ1) is 10.6. The van der Waals surface area contributed by atoms with Gasteiger partial charge in [-0.1, -0.05) is 24.6 Å². The van der Waals surface area contributed by atoms with Crippen LogP contribution in [0, 0.1) is 11.8 Å². The zero-order chi connectivity index (χ0) is 15.9. The van der Waals surface area contributed by atoms with Crippen molar-refractivity contribution in [2.45, 2.75) is 32.7 Å². The Kier molecular flexibility index (Phi) is 6.93. The normalized spacial score (nSPS) is 19.6. The van der Waals surface area contributed by atoms with Crippen LogP contribution in [0.25, 0.3) is 0 Å². The molecule has 1 aliphatic rings. The fraction of sp³-hybridized carbons (Fsp3) is 0.588. The molecule has 2 atom stereocenters. The molecule has 0 saturated carbocycles. The van der Waals surface area contributed by atoms with E-state index in [9.17, 15) is 4.79 Å². The van der Waals surface area contributed by atoms with Crippen LogP contribution >= 0.6 is 22.9 Å². The van der Waals surface area contributed by atoms with Gasteiger partial charge >= 0.3 is 0 Å². The van der Waals surface area contributed by atoms with Crippen molar-refractivity contribution in [2.24, 2.45) is 11.8 Å². The largest absolute Gasteiger partial charge is 0.334 e. The number of piperidine rings is 1. The molecule has 122 valence electrons. The van der Waals surface area contributed by atoms with Crippen molar-refractivity contribution in [3.05, 3.63) is 34.0 Å². The number of rotatable bonds is 7. The van der Waals surface area contributed by atoms with Crippen molar-refractivity contribution in [2.75, 3.05) is 19.6 Å². The molecular weight excluding hydrogens is 316 g/mol. The summed E-state index contributed by atoms with van der Waals surface area (Å²) in [4.78, 5) is 15.6. The first-order valence-corrected chi connectivity index (χ1v) is 9.13. The van der Waals surface area contributed by atoms with E-state index < -0.39 is 0 Å². The number of amides is 1. The van der Waals surface area contributed by atoms with E-state index in [2.05, 4.69) is 18.8 Å². The van der Waals surface area contributed by atoms with Crippen LogP contribution in [-0.4, -0.2) is 30.4 Å². The summed E-state index contributed by atoms with van der Waals surface area (Å²) < 4.78 is 0.766. The van der Waals surface area contributed by atoms with Gasteiger partial charge in [-0.2, -0.15) is 0 Å². The number of nitrogens with one attached hydrogen (secondary N) is 1. The highest BCUT2D eigenvalue weighted by molar-refractivity contribution is 7.16. The average Bonchev–Trinajstić information content (AvgIpc) is 2.93. The molecule has 1 fully saturated rings. The Morgan fingerprint density at radius 1 is 1.64 bits per heavy atom. The van der Waals surface area contributed by atoms with Crippen LogP contribution in [-0.2, 0) is 11.3 Å². The van der Waals surface area contributed by atoms with Crippen molar-refractivity contribution >= 4 is 28.8 Å². The van der Waals surface area contributed by atoms with Crippen LogP contribution in [0.15, 0.2) is 24.8 Å². The van der Waals surface area contributed by atoms with E-state index in [4.69, 9.17) is 11.6 Å².